The Morgan fingerprint density at radius 3 is 2.62 bits per heavy atom. The molecule has 0 aromatic heterocycles. The Morgan fingerprint density at radius 2 is 1.94 bits per heavy atom. The first-order valence-corrected chi connectivity index (χ1v) is 6.11. The highest BCUT2D eigenvalue weighted by atomic mass is 35.5. The summed E-state index contributed by atoms with van der Waals surface area (Å²) in [4.78, 5) is -0.517. The number of hydrogen-bond donors (Lipinski definition) is 0. The van der Waals surface area contributed by atoms with Crippen molar-refractivity contribution in [2.24, 2.45) is 5.92 Å². The van der Waals surface area contributed by atoms with Crippen LogP contribution in [-0.2, 0) is 4.87 Å². The lowest BCUT2D eigenvalue weighted by Crippen LogP contribution is -2.28. The topological polar surface area (TPSA) is 0 Å². The fourth-order valence-electron chi connectivity index (χ4n) is 2.10. The van der Waals surface area contributed by atoms with Gasteiger partial charge in [0.05, 0.1) is 4.87 Å². The van der Waals surface area contributed by atoms with Crippen LogP contribution in [0.1, 0.15) is 18.1 Å². The van der Waals surface area contributed by atoms with Crippen LogP contribution >= 0.6 is 23.2 Å². The molecule has 0 saturated carbocycles. The van der Waals surface area contributed by atoms with E-state index in [0.717, 1.165) is 10.6 Å². The highest BCUT2D eigenvalue weighted by Gasteiger charge is 2.37. The van der Waals surface area contributed by atoms with Crippen molar-refractivity contribution in [3.63, 3.8) is 0 Å². The van der Waals surface area contributed by atoms with E-state index in [1.165, 1.54) is 5.56 Å². The molecule has 0 N–H and O–H groups in total. The highest BCUT2D eigenvalue weighted by Crippen LogP contribution is 2.46. The van der Waals surface area contributed by atoms with Gasteiger partial charge in [-0.3, -0.25) is 0 Å². The largest absolute Gasteiger partial charge is 0.109 e. The second-order valence-corrected chi connectivity index (χ2v) is 5.28. The second-order valence-electron chi connectivity index (χ2n) is 4.22. The number of allylic oxidation sites excluding steroid dienone is 4. The SMILES string of the molecule is Cc1ccccc1C1(Cl)C=CC=C(Cl)C1C. The molecule has 0 heterocycles. The molecule has 2 rings (SSSR count). The Hall–Kier alpha value is -0.720. The van der Waals surface area contributed by atoms with Crippen molar-refractivity contribution in [2.75, 3.05) is 0 Å². The van der Waals surface area contributed by atoms with Gasteiger partial charge in [-0.25, -0.2) is 0 Å². The molecular weight excluding hydrogens is 239 g/mol. The van der Waals surface area contributed by atoms with Gasteiger partial charge in [-0.05, 0) is 24.1 Å². The van der Waals surface area contributed by atoms with Crippen LogP contribution in [0.15, 0.2) is 47.5 Å². The number of alkyl halides is 1. The Morgan fingerprint density at radius 1 is 1.25 bits per heavy atom. The zero-order valence-corrected chi connectivity index (χ0v) is 10.9. The minimum atomic E-state index is -0.517. The van der Waals surface area contributed by atoms with Gasteiger partial charge in [0.15, 0.2) is 0 Å². The number of rotatable bonds is 1. The molecule has 0 bridgehead atoms. The molecule has 0 saturated heterocycles. The molecule has 0 fully saturated rings. The lowest BCUT2D eigenvalue weighted by molar-refractivity contribution is 0.559. The molecule has 1 aliphatic carbocycles. The fraction of sp³-hybridized carbons (Fsp3) is 0.286. The molecule has 84 valence electrons. The van der Waals surface area contributed by atoms with E-state index >= 15 is 0 Å². The van der Waals surface area contributed by atoms with Crippen LogP contribution in [-0.4, -0.2) is 0 Å². The number of hydrogen-bond acceptors (Lipinski definition) is 0. The summed E-state index contributed by atoms with van der Waals surface area (Å²) in [5.74, 6) is 0.0990. The van der Waals surface area contributed by atoms with Gasteiger partial charge in [0.1, 0.15) is 0 Å². The van der Waals surface area contributed by atoms with Crippen LogP contribution in [0.3, 0.4) is 0 Å². The molecule has 2 unspecified atom stereocenters. The maximum atomic E-state index is 6.74. The zero-order valence-electron chi connectivity index (χ0n) is 9.37. The fourth-order valence-corrected chi connectivity index (χ4v) is 2.80. The third-order valence-electron chi connectivity index (χ3n) is 3.20. The van der Waals surface area contributed by atoms with E-state index in [0.29, 0.717) is 0 Å². The summed E-state index contributed by atoms with van der Waals surface area (Å²) >= 11 is 12.9. The quantitative estimate of drug-likeness (QED) is 0.633. The van der Waals surface area contributed by atoms with E-state index < -0.39 is 4.87 Å². The van der Waals surface area contributed by atoms with E-state index in [1.807, 2.05) is 30.4 Å². The number of benzene rings is 1. The van der Waals surface area contributed by atoms with E-state index in [-0.39, 0.29) is 5.92 Å². The van der Waals surface area contributed by atoms with Gasteiger partial charge in [-0.1, -0.05) is 54.9 Å². The first-order chi connectivity index (χ1) is 7.55. The summed E-state index contributed by atoms with van der Waals surface area (Å²) in [5.41, 5.74) is 2.33. The molecule has 0 amide bonds. The zero-order chi connectivity index (χ0) is 11.8. The molecule has 0 nitrogen and oxygen atoms in total. The van der Waals surface area contributed by atoms with Crippen molar-refractivity contribution < 1.29 is 0 Å². The van der Waals surface area contributed by atoms with Gasteiger partial charge < -0.3 is 0 Å². The standard InChI is InChI=1S/C14H14Cl2/c1-10-6-3-4-7-12(10)14(16)9-5-8-13(15)11(14)2/h3-9,11H,1-2H3. The molecule has 1 aliphatic rings. The first-order valence-electron chi connectivity index (χ1n) is 5.35. The lowest BCUT2D eigenvalue weighted by Gasteiger charge is -2.34. The molecule has 0 radical (unpaired) electrons. The van der Waals surface area contributed by atoms with E-state index in [4.69, 9.17) is 23.2 Å². The van der Waals surface area contributed by atoms with Gasteiger partial charge >= 0.3 is 0 Å². The van der Waals surface area contributed by atoms with Crippen LogP contribution in [0.25, 0.3) is 0 Å². The summed E-state index contributed by atoms with van der Waals surface area (Å²) in [5, 5.41) is 0.806. The van der Waals surface area contributed by atoms with E-state index in [1.54, 1.807) is 0 Å². The molecular formula is C14H14Cl2. The average molecular weight is 253 g/mol. The monoisotopic (exact) mass is 252 g/mol. The van der Waals surface area contributed by atoms with Crippen LogP contribution in [0.5, 0.6) is 0 Å². The molecule has 16 heavy (non-hydrogen) atoms. The molecule has 2 heteroatoms. The van der Waals surface area contributed by atoms with Gasteiger partial charge in [0.25, 0.3) is 0 Å². The van der Waals surface area contributed by atoms with Gasteiger partial charge in [0, 0.05) is 11.0 Å². The average Bonchev–Trinajstić information content (AvgIpc) is 2.26. The minimum Gasteiger partial charge on any atom is -0.109 e. The van der Waals surface area contributed by atoms with Crippen LogP contribution in [0, 0.1) is 12.8 Å². The van der Waals surface area contributed by atoms with Gasteiger partial charge in [0.2, 0.25) is 0 Å². The van der Waals surface area contributed by atoms with E-state index in [9.17, 15) is 0 Å². The van der Waals surface area contributed by atoms with Crippen LogP contribution < -0.4 is 0 Å². The summed E-state index contributed by atoms with van der Waals surface area (Å²) in [6.07, 6.45) is 5.86. The van der Waals surface area contributed by atoms with Crippen LogP contribution in [0.2, 0.25) is 0 Å². The Kier molecular flexibility index (Phi) is 3.14. The van der Waals surface area contributed by atoms with Crippen molar-refractivity contribution in [3.05, 3.63) is 58.7 Å². The number of halogens is 2. The predicted molar refractivity (Wildman–Crippen MR) is 71.0 cm³/mol. The Bertz CT molecular complexity index is 460. The van der Waals surface area contributed by atoms with E-state index in [2.05, 4.69) is 26.0 Å². The number of aryl methyl sites for hydroxylation is 1. The summed E-state index contributed by atoms with van der Waals surface area (Å²) in [6, 6.07) is 8.18. The van der Waals surface area contributed by atoms with Crippen LogP contribution in [0.4, 0.5) is 0 Å². The lowest BCUT2D eigenvalue weighted by atomic mass is 9.81. The second kappa shape index (κ2) is 4.27. The molecule has 0 aliphatic heterocycles. The predicted octanol–water partition coefficient (Wildman–Crippen LogP) is 4.76. The summed E-state index contributed by atoms with van der Waals surface area (Å²) in [6.45, 7) is 4.13. The summed E-state index contributed by atoms with van der Waals surface area (Å²) in [7, 11) is 0. The normalized spacial score (nSPS) is 29.0. The Balaban J connectivity index is 2.52. The maximum absolute atomic E-state index is 6.74. The third kappa shape index (κ3) is 1.81. The smallest absolute Gasteiger partial charge is 0.0954 e. The molecule has 2 atom stereocenters. The van der Waals surface area contributed by atoms with Crippen molar-refractivity contribution in [1.82, 2.24) is 0 Å². The molecule has 0 spiro atoms. The maximum Gasteiger partial charge on any atom is 0.0954 e. The van der Waals surface area contributed by atoms with Gasteiger partial charge in [-0.2, -0.15) is 0 Å². The van der Waals surface area contributed by atoms with Crippen molar-refractivity contribution in [2.45, 2.75) is 18.7 Å². The van der Waals surface area contributed by atoms with Gasteiger partial charge in [-0.15, -0.1) is 11.6 Å². The van der Waals surface area contributed by atoms with Crippen molar-refractivity contribution in [1.29, 1.82) is 0 Å². The Labute approximate surface area is 107 Å². The highest BCUT2D eigenvalue weighted by molar-refractivity contribution is 6.32. The minimum absolute atomic E-state index is 0.0990. The van der Waals surface area contributed by atoms with Crippen molar-refractivity contribution >= 4 is 23.2 Å². The van der Waals surface area contributed by atoms with Crippen molar-refractivity contribution in [3.8, 4) is 0 Å². The first kappa shape index (κ1) is 11.8. The molecule has 1 aromatic rings. The molecule has 1 aromatic carbocycles. The third-order valence-corrected chi connectivity index (χ3v) is 4.31. The summed E-state index contributed by atoms with van der Waals surface area (Å²) < 4.78 is 0.